The van der Waals surface area contributed by atoms with Crippen LogP contribution < -0.4 is 4.74 Å². The number of hydrogen-bond acceptors (Lipinski definition) is 1. The second-order valence-corrected chi connectivity index (χ2v) is 4.85. The maximum absolute atomic E-state index is 14.0. The molecule has 0 fully saturated rings. The number of alkyl halides is 2. The quantitative estimate of drug-likeness (QED) is 0.736. The lowest BCUT2D eigenvalue weighted by Gasteiger charge is -2.14. The van der Waals surface area contributed by atoms with Crippen LogP contribution in [0.4, 0.5) is 13.2 Å². The molecule has 2 aromatic carbocycles. The topological polar surface area (TPSA) is 9.23 Å². The Morgan fingerprint density at radius 2 is 1.70 bits per heavy atom. The molecule has 0 unspecified atom stereocenters. The number of hydrogen-bond donors (Lipinski definition) is 0. The molecule has 0 bridgehead atoms. The summed E-state index contributed by atoms with van der Waals surface area (Å²) in [5, 5.41) is 0. The van der Waals surface area contributed by atoms with Gasteiger partial charge in [0.1, 0.15) is 5.75 Å². The number of aryl methyl sites for hydroxylation is 2. The fraction of sp³-hybridized carbons (Fsp3) is 0.250. The highest BCUT2D eigenvalue weighted by atomic mass is 19.3. The lowest BCUT2D eigenvalue weighted by molar-refractivity contribution is 0.0134. The Kier molecular flexibility index (Phi) is 3.75. The molecule has 0 saturated carbocycles. The van der Waals surface area contributed by atoms with Crippen LogP contribution in [0.15, 0.2) is 36.4 Å². The van der Waals surface area contributed by atoms with Crippen molar-refractivity contribution in [2.75, 3.05) is 0 Å². The summed E-state index contributed by atoms with van der Waals surface area (Å²) in [7, 11) is 0. The van der Waals surface area contributed by atoms with Gasteiger partial charge in [0, 0.05) is 6.92 Å². The average molecular weight is 280 g/mol. The van der Waals surface area contributed by atoms with Crippen LogP contribution in [0.2, 0.25) is 0 Å². The first-order chi connectivity index (χ1) is 9.29. The third-order valence-corrected chi connectivity index (χ3v) is 3.14. The summed E-state index contributed by atoms with van der Waals surface area (Å²) >= 11 is 0. The van der Waals surface area contributed by atoms with E-state index in [0.717, 1.165) is 17.2 Å². The molecule has 0 amide bonds. The third kappa shape index (κ3) is 2.95. The van der Waals surface area contributed by atoms with E-state index in [1.54, 1.807) is 12.1 Å². The zero-order valence-corrected chi connectivity index (χ0v) is 11.5. The molecule has 1 nitrogen and oxygen atoms in total. The summed E-state index contributed by atoms with van der Waals surface area (Å²) in [6.07, 6.45) is 0. The van der Waals surface area contributed by atoms with E-state index in [9.17, 15) is 13.2 Å². The summed E-state index contributed by atoms with van der Waals surface area (Å²) < 4.78 is 45.9. The van der Waals surface area contributed by atoms with Gasteiger partial charge in [-0.05, 0) is 49.2 Å². The maximum atomic E-state index is 14.0. The third-order valence-electron chi connectivity index (χ3n) is 3.14. The molecule has 0 radical (unpaired) electrons. The van der Waals surface area contributed by atoms with Gasteiger partial charge in [0.25, 0.3) is 5.92 Å². The maximum Gasteiger partial charge on any atom is 0.273 e. The monoisotopic (exact) mass is 280 g/mol. The Labute approximate surface area is 116 Å². The van der Waals surface area contributed by atoms with E-state index in [0.29, 0.717) is 12.7 Å². The number of ether oxygens (including phenoxy) is 1. The Morgan fingerprint density at radius 3 is 2.30 bits per heavy atom. The molecule has 2 rings (SSSR count). The van der Waals surface area contributed by atoms with Crippen LogP contribution in [0.3, 0.4) is 0 Å². The van der Waals surface area contributed by atoms with Crippen molar-refractivity contribution in [3.8, 4) is 11.5 Å². The number of rotatable bonds is 3. The van der Waals surface area contributed by atoms with Crippen molar-refractivity contribution >= 4 is 0 Å². The molecule has 0 aromatic heterocycles. The van der Waals surface area contributed by atoms with Crippen LogP contribution in [-0.2, 0) is 5.92 Å². The number of benzene rings is 2. The minimum Gasteiger partial charge on any atom is -0.454 e. The average Bonchev–Trinajstić information content (AvgIpc) is 2.35. The van der Waals surface area contributed by atoms with Crippen LogP contribution in [0.5, 0.6) is 11.5 Å². The molecule has 0 aliphatic heterocycles. The van der Waals surface area contributed by atoms with Gasteiger partial charge in [-0.3, -0.25) is 0 Å². The molecular formula is C16H15F3O. The minimum atomic E-state index is -3.24. The first-order valence-corrected chi connectivity index (χ1v) is 6.21. The molecule has 0 heterocycles. The van der Waals surface area contributed by atoms with Crippen molar-refractivity contribution < 1.29 is 17.9 Å². The van der Waals surface area contributed by atoms with E-state index in [1.807, 2.05) is 19.9 Å². The van der Waals surface area contributed by atoms with Crippen molar-refractivity contribution in [3.63, 3.8) is 0 Å². The molecule has 4 heteroatoms. The lowest BCUT2D eigenvalue weighted by atomic mass is 10.1. The fourth-order valence-electron chi connectivity index (χ4n) is 1.83. The SMILES string of the molecule is Cc1ccc(Oc2cccc(C(C)(F)F)c2F)cc1C. The summed E-state index contributed by atoms with van der Waals surface area (Å²) in [6.45, 7) is 4.50. The van der Waals surface area contributed by atoms with E-state index in [-0.39, 0.29) is 5.75 Å². The minimum absolute atomic E-state index is 0.202. The molecule has 0 aliphatic carbocycles. The smallest absolute Gasteiger partial charge is 0.273 e. The second-order valence-electron chi connectivity index (χ2n) is 4.85. The van der Waals surface area contributed by atoms with Crippen molar-refractivity contribution in [1.82, 2.24) is 0 Å². The Morgan fingerprint density at radius 1 is 1.00 bits per heavy atom. The first-order valence-electron chi connectivity index (χ1n) is 6.21. The van der Waals surface area contributed by atoms with Gasteiger partial charge >= 0.3 is 0 Å². The molecule has 0 spiro atoms. The van der Waals surface area contributed by atoms with Crippen LogP contribution in [-0.4, -0.2) is 0 Å². The summed E-state index contributed by atoms with van der Waals surface area (Å²) in [4.78, 5) is 0. The predicted octanol–water partition coefficient (Wildman–Crippen LogP) is 5.35. The number of halogens is 3. The highest BCUT2D eigenvalue weighted by Crippen LogP contribution is 2.35. The largest absolute Gasteiger partial charge is 0.454 e. The Bertz CT molecular complexity index is 630. The molecule has 2 aromatic rings. The molecule has 0 saturated heterocycles. The van der Waals surface area contributed by atoms with Gasteiger partial charge in [-0.25, -0.2) is 13.2 Å². The van der Waals surface area contributed by atoms with Gasteiger partial charge in [-0.15, -0.1) is 0 Å². The normalized spacial score (nSPS) is 11.5. The standard InChI is InChI=1S/C16H15F3O/c1-10-7-8-12(9-11(10)2)20-14-6-4-5-13(15(14)17)16(3,18)19/h4-9H,1-3H3. The second kappa shape index (κ2) is 5.19. The van der Waals surface area contributed by atoms with Gasteiger partial charge in [-0.1, -0.05) is 12.1 Å². The van der Waals surface area contributed by atoms with Crippen molar-refractivity contribution in [1.29, 1.82) is 0 Å². The summed E-state index contributed by atoms with van der Waals surface area (Å²) in [6, 6.07) is 9.00. The van der Waals surface area contributed by atoms with E-state index in [2.05, 4.69) is 0 Å². The zero-order chi connectivity index (χ0) is 14.9. The van der Waals surface area contributed by atoms with Gasteiger partial charge in [0.05, 0.1) is 5.56 Å². The van der Waals surface area contributed by atoms with Crippen LogP contribution in [0.25, 0.3) is 0 Å². The van der Waals surface area contributed by atoms with Crippen molar-refractivity contribution in [3.05, 3.63) is 58.9 Å². The molecule has 20 heavy (non-hydrogen) atoms. The zero-order valence-electron chi connectivity index (χ0n) is 11.5. The molecule has 0 aliphatic rings. The summed E-state index contributed by atoms with van der Waals surface area (Å²) in [5.74, 6) is -4.05. The van der Waals surface area contributed by atoms with Gasteiger partial charge < -0.3 is 4.74 Å². The van der Waals surface area contributed by atoms with Crippen molar-refractivity contribution in [2.45, 2.75) is 26.7 Å². The van der Waals surface area contributed by atoms with Crippen LogP contribution >= 0.6 is 0 Å². The predicted molar refractivity (Wildman–Crippen MR) is 72.0 cm³/mol. The molecular weight excluding hydrogens is 265 g/mol. The molecule has 106 valence electrons. The van der Waals surface area contributed by atoms with Gasteiger partial charge in [0.15, 0.2) is 11.6 Å². The van der Waals surface area contributed by atoms with Crippen molar-refractivity contribution in [2.24, 2.45) is 0 Å². The molecule has 0 atom stereocenters. The van der Waals surface area contributed by atoms with E-state index in [1.165, 1.54) is 12.1 Å². The summed E-state index contributed by atoms with van der Waals surface area (Å²) in [5.41, 5.74) is 1.39. The first kappa shape index (κ1) is 14.4. The molecule has 0 N–H and O–H groups in total. The van der Waals surface area contributed by atoms with E-state index < -0.39 is 17.3 Å². The van der Waals surface area contributed by atoms with Gasteiger partial charge in [-0.2, -0.15) is 0 Å². The van der Waals surface area contributed by atoms with E-state index in [4.69, 9.17) is 4.74 Å². The van der Waals surface area contributed by atoms with E-state index >= 15 is 0 Å². The highest BCUT2D eigenvalue weighted by molar-refractivity contribution is 5.40. The van der Waals surface area contributed by atoms with Crippen LogP contribution in [0.1, 0.15) is 23.6 Å². The van der Waals surface area contributed by atoms with Gasteiger partial charge in [0.2, 0.25) is 0 Å². The lowest BCUT2D eigenvalue weighted by Crippen LogP contribution is -2.10. The fourth-order valence-corrected chi connectivity index (χ4v) is 1.83. The van der Waals surface area contributed by atoms with Crippen LogP contribution in [0, 0.1) is 19.7 Å². The highest BCUT2D eigenvalue weighted by Gasteiger charge is 2.29. The Balaban J connectivity index is 2.37. The Hall–Kier alpha value is -1.97.